The summed E-state index contributed by atoms with van der Waals surface area (Å²) < 4.78 is 15.9. The molecule has 0 amide bonds. The summed E-state index contributed by atoms with van der Waals surface area (Å²) in [6, 6.07) is 5.58. The average molecular weight is 355 g/mol. The van der Waals surface area contributed by atoms with E-state index in [-0.39, 0.29) is 12.6 Å². The molecule has 1 aromatic rings. The second kappa shape index (κ2) is 6.20. The maximum atomic E-state index is 12.8. The Balaban J connectivity index is 1.92. The molecule has 0 saturated carbocycles. The van der Waals surface area contributed by atoms with Gasteiger partial charge in [-0.3, -0.25) is 4.79 Å². The van der Waals surface area contributed by atoms with Crippen LogP contribution in [0.15, 0.2) is 40.7 Å². The van der Waals surface area contributed by atoms with E-state index < -0.39 is 11.9 Å². The fourth-order valence-electron chi connectivity index (χ4n) is 4.06. The van der Waals surface area contributed by atoms with Gasteiger partial charge < -0.3 is 19.1 Å². The van der Waals surface area contributed by atoms with Gasteiger partial charge in [-0.15, -0.1) is 0 Å². The van der Waals surface area contributed by atoms with E-state index in [4.69, 9.17) is 14.2 Å². The first kappa shape index (κ1) is 16.7. The smallest absolute Gasteiger partial charge is 0.336 e. The van der Waals surface area contributed by atoms with Gasteiger partial charge in [-0.25, -0.2) is 4.79 Å². The second-order valence-electron chi connectivity index (χ2n) is 6.73. The summed E-state index contributed by atoms with van der Waals surface area (Å²) in [6.07, 6.45) is 2.16. The van der Waals surface area contributed by atoms with Crippen LogP contribution in [-0.4, -0.2) is 37.6 Å². The van der Waals surface area contributed by atoms with Crippen molar-refractivity contribution < 1.29 is 23.8 Å². The topological polar surface area (TPSA) is 65.1 Å². The van der Waals surface area contributed by atoms with Crippen molar-refractivity contribution in [1.29, 1.82) is 0 Å². The van der Waals surface area contributed by atoms with Gasteiger partial charge in [0.05, 0.1) is 12.7 Å². The van der Waals surface area contributed by atoms with Crippen LogP contribution in [0.2, 0.25) is 0 Å². The van der Waals surface area contributed by atoms with E-state index in [9.17, 15) is 9.59 Å². The Morgan fingerprint density at radius 2 is 2.00 bits per heavy atom. The third-order valence-corrected chi connectivity index (χ3v) is 5.44. The Morgan fingerprint density at radius 1 is 1.23 bits per heavy atom. The Morgan fingerprint density at radius 3 is 2.77 bits per heavy atom. The highest BCUT2D eigenvalue weighted by Gasteiger charge is 2.41. The lowest BCUT2D eigenvalue weighted by molar-refractivity contribution is -0.136. The van der Waals surface area contributed by atoms with Gasteiger partial charge in [0.1, 0.15) is 0 Å². The van der Waals surface area contributed by atoms with Crippen LogP contribution >= 0.6 is 0 Å². The number of hydrogen-bond acceptors (Lipinski definition) is 6. The SMILES string of the molecule is COC(=O)C1=C(C)N(C)C2=C(C(=O)CCC2)C1c1ccc2c(c1)OCO2. The summed E-state index contributed by atoms with van der Waals surface area (Å²) in [6.45, 7) is 2.08. The maximum Gasteiger partial charge on any atom is 0.336 e. The number of hydrogen-bond donors (Lipinski definition) is 0. The van der Waals surface area contributed by atoms with Crippen LogP contribution in [0.5, 0.6) is 11.5 Å². The zero-order valence-corrected chi connectivity index (χ0v) is 15.1. The van der Waals surface area contributed by atoms with Gasteiger partial charge in [0.15, 0.2) is 17.3 Å². The average Bonchev–Trinajstić information content (AvgIpc) is 3.11. The lowest BCUT2D eigenvalue weighted by atomic mass is 9.74. The summed E-state index contributed by atoms with van der Waals surface area (Å²) in [4.78, 5) is 27.4. The fraction of sp³-hybridized carbons (Fsp3) is 0.400. The first-order chi connectivity index (χ1) is 12.5. The molecule has 0 N–H and O–H groups in total. The van der Waals surface area contributed by atoms with Gasteiger partial charge in [-0.1, -0.05) is 6.07 Å². The molecule has 0 aromatic heterocycles. The Kier molecular flexibility index (Phi) is 3.98. The number of carbonyl (C=O) groups is 2. The molecule has 6 heteroatoms. The van der Waals surface area contributed by atoms with E-state index in [2.05, 4.69) is 0 Å². The molecule has 3 aliphatic rings. The number of Topliss-reactive ketones (excluding diaryl/α,β-unsaturated/α-hetero) is 1. The van der Waals surface area contributed by atoms with Crippen molar-refractivity contribution in [2.45, 2.75) is 32.1 Å². The predicted octanol–water partition coefficient (Wildman–Crippen LogP) is 2.90. The number of nitrogens with zero attached hydrogens (tertiary/aromatic N) is 1. The molecule has 2 heterocycles. The number of ether oxygens (including phenoxy) is 3. The third-order valence-electron chi connectivity index (χ3n) is 5.44. The number of rotatable bonds is 2. The quantitative estimate of drug-likeness (QED) is 0.760. The summed E-state index contributed by atoms with van der Waals surface area (Å²) >= 11 is 0. The number of ketones is 1. The molecule has 0 radical (unpaired) electrons. The normalized spacial score (nSPS) is 21.9. The first-order valence-corrected chi connectivity index (χ1v) is 8.71. The number of fused-ring (bicyclic) bond motifs is 1. The van der Waals surface area contributed by atoms with Crippen LogP contribution in [0.3, 0.4) is 0 Å². The van der Waals surface area contributed by atoms with Crippen LogP contribution in [-0.2, 0) is 14.3 Å². The van der Waals surface area contributed by atoms with Gasteiger partial charge in [-0.05, 0) is 37.5 Å². The highest BCUT2D eigenvalue weighted by molar-refractivity contribution is 6.03. The minimum absolute atomic E-state index is 0.0923. The summed E-state index contributed by atoms with van der Waals surface area (Å²) in [5.41, 5.74) is 3.85. The van der Waals surface area contributed by atoms with E-state index in [1.165, 1.54) is 7.11 Å². The van der Waals surface area contributed by atoms with Crippen molar-refractivity contribution in [2.24, 2.45) is 0 Å². The molecular weight excluding hydrogens is 334 g/mol. The van der Waals surface area contributed by atoms with Gasteiger partial charge in [-0.2, -0.15) is 0 Å². The highest BCUT2D eigenvalue weighted by Crippen LogP contribution is 2.47. The Hall–Kier alpha value is -2.76. The summed E-state index contributed by atoms with van der Waals surface area (Å²) in [5.74, 6) is 0.535. The minimum atomic E-state index is -0.448. The third kappa shape index (κ3) is 2.40. The standard InChI is InChI=1S/C20H21NO5/c1-11-17(20(23)24-3)18(12-7-8-15-16(9-12)26-10-25-15)19-13(21(11)2)5-4-6-14(19)22/h7-9,18H,4-6,10H2,1-3H3. The van der Waals surface area contributed by atoms with Gasteiger partial charge in [0, 0.05) is 36.4 Å². The molecule has 0 saturated heterocycles. The predicted molar refractivity (Wildman–Crippen MR) is 93.7 cm³/mol. The molecule has 0 fully saturated rings. The van der Waals surface area contributed by atoms with Gasteiger partial charge in [0.2, 0.25) is 6.79 Å². The van der Waals surface area contributed by atoms with Gasteiger partial charge >= 0.3 is 5.97 Å². The molecule has 1 unspecified atom stereocenters. The highest BCUT2D eigenvalue weighted by atomic mass is 16.7. The molecule has 0 spiro atoms. The molecule has 1 aromatic carbocycles. The zero-order valence-electron chi connectivity index (χ0n) is 15.1. The first-order valence-electron chi connectivity index (χ1n) is 8.71. The minimum Gasteiger partial charge on any atom is -0.466 e. The van der Waals surface area contributed by atoms with Crippen molar-refractivity contribution in [3.8, 4) is 11.5 Å². The van der Waals surface area contributed by atoms with Crippen LogP contribution in [0.25, 0.3) is 0 Å². The Bertz CT molecular complexity index is 867. The van der Waals surface area contributed by atoms with Gasteiger partial charge in [0.25, 0.3) is 0 Å². The molecule has 4 rings (SSSR count). The van der Waals surface area contributed by atoms with E-state index in [0.717, 1.165) is 29.8 Å². The largest absolute Gasteiger partial charge is 0.466 e. The number of carbonyl (C=O) groups excluding carboxylic acids is 2. The maximum absolute atomic E-state index is 12.8. The van der Waals surface area contributed by atoms with E-state index in [1.807, 2.05) is 37.1 Å². The molecule has 2 aliphatic heterocycles. The van der Waals surface area contributed by atoms with E-state index in [1.54, 1.807) is 0 Å². The lowest BCUT2D eigenvalue weighted by Crippen LogP contribution is -2.35. The van der Waals surface area contributed by atoms with E-state index in [0.29, 0.717) is 29.1 Å². The second-order valence-corrected chi connectivity index (χ2v) is 6.73. The zero-order chi connectivity index (χ0) is 18.4. The van der Waals surface area contributed by atoms with E-state index >= 15 is 0 Å². The number of allylic oxidation sites excluding steroid dienone is 3. The van der Waals surface area contributed by atoms with Crippen molar-refractivity contribution in [3.05, 3.63) is 46.3 Å². The number of methoxy groups -OCH3 is 1. The molecule has 26 heavy (non-hydrogen) atoms. The molecule has 1 aliphatic carbocycles. The molecule has 136 valence electrons. The molecule has 1 atom stereocenters. The van der Waals surface area contributed by atoms with Crippen molar-refractivity contribution >= 4 is 11.8 Å². The van der Waals surface area contributed by atoms with Crippen molar-refractivity contribution in [3.63, 3.8) is 0 Å². The molecule has 6 nitrogen and oxygen atoms in total. The van der Waals surface area contributed by atoms with Crippen LogP contribution in [0.1, 0.15) is 37.7 Å². The molecular formula is C20H21NO5. The number of esters is 1. The van der Waals surface area contributed by atoms with Crippen LogP contribution in [0.4, 0.5) is 0 Å². The van der Waals surface area contributed by atoms with Crippen molar-refractivity contribution in [2.75, 3.05) is 21.0 Å². The fourth-order valence-corrected chi connectivity index (χ4v) is 4.06. The summed E-state index contributed by atoms with van der Waals surface area (Å²) in [5, 5.41) is 0. The monoisotopic (exact) mass is 355 g/mol. The molecule has 0 bridgehead atoms. The lowest BCUT2D eigenvalue weighted by Gasteiger charge is -2.39. The Labute approximate surface area is 152 Å². The van der Waals surface area contributed by atoms with Crippen LogP contribution in [0, 0.1) is 0 Å². The summed E-state index contributed by atoms with van der Waals surface area (Å²) in [7, 11) is 3.27. The van der Waals surface area contributed by atoms with Crippen LogP contribution < -0.4 is 9.47 Å². The van der Waals surface area contributed by atoms with Crippen molar-refractivity contribution in [1.82, 2.24) is 4.90 Å². The number of benzene rings is 1.